The van der Waals surface area contributed by atoms with Crippen LogP contribution in [0.5, 0.6) is 5.75 Å². The standard InChI is InChI=1S/C16H25BrN2O/c1-12-10-18-11-13(2)19(12)8-5-9-20-16-7-4-6-15(17)14(16)3/h4,6-7,12-13,18H,5,8-11H2,1-3H3/t12-,13+. The maximum absolute atomic E-state index is 5.91. The van der Waals surface area contributed by atoms with Crippen molar-refractivity contribution < 1.29 is 4.74 Å². The average Bonchev–Trinajstić information content (AvgIpc) is 2.42. The third kappa shape index (κ3) is 3.96. The van der Waals surface area contributed by atoms with Crippen LogP contribution < -0.4 is 10.1 Å². The Morgan fingerprint density at radius 3 is 2.70 bits per heavy atom. The van der Waals surface area contributed by atoms with E-state index in [0.29, 0.717) is 12.1 Å². The van der Waals surface area contributed by atoms with Gasteiger partial charge in [0.25, 0.3) is 0 Å². The van der Waals surface area contributed by atoms with Crippen molar-refractivity contribution in [3.8, 4) is 5.75 Å². The molecule has 0 amide bonds. The molecule has 1 saturated heterocycles. The van der Waals surface area contributed by atoms with Crippen molar-refractivity contribution in [1.29, 1.82) is 0 Å². The van der Waals surface area contributed by atoms with E-state index < -0.39 is 0 Å². The number of piperazine rings is 1. The summed E-state index contributed by atoms with van der Waals surface area (Å²) in [6.07, 6.45) is 1.07. The van der Waals surface area contributed by atoms with Crippen LogP contribution >= 0.6 is 15.9 Å². The minimum atomic E-state index is 0.617. The average molecular weight is 341 g/mol. The highest BCUT2D eigenvalue weighted by molar-refractivity contribution is 9.10. The van der Waals surface area contributed by atoms with Crippen LogP contribution in [-0.2, 0) is 0 Å². The van der Waals surface area contributed by atoms with Crippen molar-refractivity contribution in [3.05, 3.63) is 28.2 Å². The van der Waals surface area contributed by atoms with Gasteiger partial charge in [-0.2, -0.15) is 0 Å². The van der Waals surface area contributed by atoms with Gasteiger partial charge in [0.1, 0.15) is 5.75 Å². The second-order valence-electron chi connectivity index (χ2n) is 5.66. The molecule has 1 N–H and O–H groups in total. The molecule has 112 valence electrons. The summed E-state index contributed by atoms with van der Waals surface area (Å²) < 4.78 is 7.02. The van der Waals surface area contributed by atoms with E-state index in [2.05, 4.69) is 46.9 Å². The third-order valence-electron chi connectivity index (χ3n) is 4.05. The van der Waals surface area contributed by atoms with Crippen LogP contribution in [0.2, 0.25) is 0 Å². The molecule has 2 rings (SSSR count). The van der Waals surface area contributed by atoms with Gasteiger partial charge in [0.15, 0.2) is 0 Å². The van der Waals surface area contributed by atoms with Crippen molar-refractivity contribution in [2.75, 3.05) is 26.2 Å². The Morgan fingerprint density at radius 2 is 2.00 bits per heavy atom. The summed E-state index contributed by atoms with van der Waals surface area (Å²) in [5.41, 5.74) is 1.18. The smallest absolute Gasteiger partial charge is 0.123 e. The molecule has 1 aromatic carbocycles. The Labute approximate surface area is 130 Å². The first-order chi connectivity index (χ1) is 9.59. The molecule has 4 heteroatoms. The molecule has 20 heavy (non-hydrogen) atoms. The van der Waals surface area contributed by atoms with Crippen LogP contribution in [0.1, 0.15) is 25.8 Å². The minimum absolute atomic E-state index is 0.617. The molecule has 3 nitrogen and oxygen atoms in total. The maximum Gasteiger partial charge on any atom is 0.123 e. The molecular weight excluding hydrogens is 316 g/mol. The lowest BCUT2D eigenvalue weighted by molar-refractivity contribution is 0.108. The first kappa shape index (κ1) is 15.8. The quantitative estimate of drug-likeness (QED) is 0.833. The Balaban J connectivity index is 1.77. The van der Waals surface area contributed by atoms with Crippen LogP contribution in [0.4, 0.5) is 0 Å². The number of nitrogens with one attached hydrogen (secondary N) is 1. The van der Waals surface area contributed by atoms with Gasteiger partial charge in [-0.05, 0) is 39.3 Å². The summed E-state index contributed by atoms with van der Waals surface area (Å²) in [5.74, 6) is 0.987. The van der Waals surface area contributed by atoms with E-state index in [9.17, 15) is 0 Å². The SMILES string of the molecule is Cc1c(Br)cccc1OCCCN1[C@H](C)CNC[C@@H]1C. The zero-order chi connectivity index (χ0) is 14.5. The minimum Gasteiger partial charge on any atom is -0.493 e. The summed E-state index contributed by atoms with van der Waals surface area (Å²) in [4.78, 5) is 2.58. The normalized spacial score (nSPS) is 23.8. The van der Waals surface area contributed by atoms with Crippen molar-refractivity contribution in [2.24, 2.45) is 0 Å². The lowest BCUT2D eigenvalue weighted by Gasteiger charge is -2.39. The first-order valence-corrected chi connectivity index (χ1v) is 8.23. The predicted octanol–water partition coefficient (Wildman–Crippen LogP) is 3.21. The third-order valence-corrected chi connectivity index (χ3v) is 4.91. The maximum atomic E-state index is 5.91. The van der Waals surface area contributed by atoms with E-state index >= 15 is 0 Å². The number of benzene rings is 1. The molecule has 1 heterocycles. The van der Waals surface area contributed by atoms with E-state index in [1.54, 1.807) is 0 Å². The monoisotopic (exact) mass is 340 g/mol. The van der Waals surface area contributed by atoms with Crippen LogP contribution in [0, 0.1) is 6.92 Å². The Bertz CT molecular complexity index is 428. The molecule has 1 aliphatic heterocycles. The zero-order valence-electron chi connectivity index (χ0n) is 12.7. The van der Waals surface area contributed by atoms with Gasteiger partial charge in [-0.3, -0.25) is 4.90 Å². The van der Waals surface area contributed by atoms with Crippen LogP contribution in [-0.4, -0.2) is 43.2 Å². The van der Waals surface area contributed by atoms with Gasteiger partial charge in [-0.1, -0.05) is 22.0 Å². The van der Waals surface area contributed by atoms with E-state index in [1.807, 2.05) is 18.2 Å². The molecule has 0 radical (unpaired) electrons. The van der Waals surface area contributed by atoms with E-state index in [0.717, 1.165) is 42.9 Å². The Kier molecular flexibility index (Phi) is 5.87. The van der Waals surface area contributed by atoms with Gasteiger partial charge in [0.05, 0.1) is 6.61 Å². The molecule has 0 aromatic heterocycles. The number of ether oxygens (including phenoxy) is 1. The van der Waals surface area contributed by atoms with E-state index in [4.69, 9.17) is 4.74 Å². The molecule has 0 saturated carbocycles. The highest BCUT2D eigenvalue weighted by atomic mass is 79.9. The van der Waals surface area contributed by atoms with Gasteiger partial charge in [-0.25, -0.2) is 0 Å². The number of rotatable bonds is 5. The molecule has 0 aliphatic carbocycles. The van der Waals surface area contributed by atoms with Crippen molar-refractivity contribution >= 4 is 15.9 Å². The van der Waals surface area contributed by atoms with Crippen molar-refractivity contribution in [1.82, 2.24) is 10.2 Å². The van der Waals surface area contributed by atoms with Crippen LogP contribution in [0.3, 0.4) is 0 Å². The summed E-state index contributed by atoms with van der Waals surface area (Å²) in [6.45, 7) is 10.7. The second kappa shape index (κ2) is 7.43. The largest absolute Gasteiger partial charge is 0.493 e. The molecule has 1 fully saturated rings. The highest BCUT2D eigenvalue weighted by Gasteiger charge is 2.23. The topological polar surface area (TPSA) is 24.5 Å². The van der Waals surface area contributed by atoms with Crippen LogP contribution in [0.15, 0.2) is 22.7 Å². The highest BCUT2D eigenvalue weighted by Crippen LogP contribution is 2.25. The number of halogens is 1. The van der Waals surface area contributed by atoms with Crippen molar-refractivity contribution in [3.63, 3.8) is 0 Å². The molecular formula is C16H25BrN2O. The van der Waals surface area contributed by atoms with Gasteiger partial charge < -0.3 is 10.1 Å². The van der Waals surface area contributed by atoms with E-state index in [1.165, 1.54) is 5.56 Å². The molecule has 0 unspecified atom stereocenters. The number of hydrogen-bond donors (Lipinski definition) is 1. The zero-order valence-corrected chi connectivity index (χ0v) is 14.2. The Hall–Kier alpha value is -0.580. The summed E-state index contributed by atoms with van der Waals surface area (Å²) in [7, 11) is 0. The van der Waals surface area contributed by atoms with Gasteiger partial charge in [0.2, 0.25) is 0 Å². The second-order valence-corrected chi connectivity index (χ2v) is 6.51. The molecule has 0 spiro atoms. The lowest BCUT2D eigenvalue weighted by atomic mass is 10.1. The van der Waals surface area contributed by atoms with Crippen LogP contribution in [0.25, 0.3) is 0 Å². The van der Waals surface area contributed by atoms with Gasteiger partial charge in [-0.15, -0.1) is 0 Å². The summed E-state index contributed by atoms with van der Waals surface area (Å²) in [6, 6.07) is 7.34. The molecule has 1 aliphatic rings. The molecule has 1 aromatic rings. The fourth-order valence-corrected chi connectivity index (χ4v) is 3.13. The van der Waals surface area contributed by atoms with Gasteiger partial charge >= 0.3 is 0 Å². The predicted molar refractivity (Wildman–Crippen MR) is 87.5 cm³/mol. The number of nitrogens with zero attached hydrogens (tertiary/aromatic N) is 1. The van der Waals surface area contributed by atoms with Crippen molar-refractivity contribution in [2.45, 2.75) is 39.3 Å². The first-order valence-electron chi connectivity index (χ1n) is 7.44. The summed E-state index contributed by atoms with van der Waals surface area (Å²) >= 11 is 3.54. The molecule has 0 bridgehead atoms. The fourth-order valence-electron chi connectivity index (χ4n) is 2.78. The van der Waals surface area contributed by atoms with E-state index in [-0.39, 0.29) is 0 Å². The Morgan fingerprint density at radius 1 is 1.30 bits per heavy atom. The number of hydrogen-bond acceptors (Lipinski definition) is 3. The fraction of sp³-hybridized carbons (Fsp3) is 0.625. The summed E-state index contributed by atoms with van der Waals surface area (Å²) in [5, 5.41) is 3.47. The molecule has 2 atom stereocenters. The lowest BCUT2D eigenvalue weighted by Crippen LogP contribution is -2.55. The van der Waals surface area contributed by atoms with Gasteiger partial charge in [0, 0.05) is 41.8 Å².